The summed E-state index contributed by atoms with van der Waals surface area (Å²) in [6.45, 7) is 3.16. The minimum Gasteiger partial charge on any atom is -0.684 e. The Morgan fingerprint density at radius 1 is 1.12 bits per heavy atom. The fraction of sp³-hybridized carbons (Fsp3) is 0.343. The van der Waals surface area contributed by atoms with Crippen molar-refractivity contribution in [1.29, 1.82) is 0 Å². The summed E-state index contributed by atoms with van der Waals surface area (Å²) in [6, 6.07) is 13.6. The number of aryl methyl sites for hydroxylation is 2. The van der Waals surface area contributed by atoms with E-state index in [1.165, 1.54) is 0 Å². The zero-order valence-electron chi connectivity index (χ0n) is 28.6. The number of carbonyl (C=O) groups is 5. The molecule has 17 heteroatoms. The Balaban J connectivity index is 0.00000605. The molecule has 2 aromatic heterocycles. The minimum absolute atomic E-state index is 0. The molecule has 1 atom stereocenters. The second-order valence-corrected chi connectivity index (χ2v) is 11.8. The number of rotatable bonds is 16. The predicted octanol–water partition coefficient (Wildman–Crippen LogP) is 3.05. The number of imide groups is 1. The summed E-state index contributed by atoms with van der Waals surface area (Å²) in [5.41, 5.74) is 3.10. The van der Waals surface area contributed by atoms with Gasteiger partial charge in [-0.2, -0.15) is 0 Å². The Morgan fingerprint density at radius 2 is 1.88 bits per heavy atom. The number of hydrogen-bond donors (Lipinski definition) is 4. The smallest absolute Gasteiger partial charge is 0.322 e. The SMILES string of the molecule is CCCCN(Cc1ccc(C(=O)CO)cc1)C(=O)Nc1cnc(CCn2cc(CNc3[c-]c(C(=O)[N-]C4CCC(=O)NC4=O)ccc3)nn2)nc1.[Y]. The summed E-state index contributed by atoms with van der Waals surface area (Å²) in [7, 11) is 0. The summed E-state index contributed by atoms with van der Waals surface area (Å²) >= 11 is 0. The van der Waals surface area contributed by atoms with E-state index in [-0.39, 0.29) is 68.8 Å². The maximum Gasteiger partial charge on any atom is 0.322 e. The molecule has 5 amide bonds. The largest absolute Gasteiger partial charge is 0.684 e. The van der Waals surface area contributed by atoms with Gasteiger partial charge in [-0.25, -0.2) is 14.8 Å². The van der Waals surface area contributed by atoms with E-state index in [2.05, 4.69) is 47.6 Å². The number of aliphatic hydroxyl groups excluding tert-OH is 1. The number of piperidine rings is 1. The van der Waals surface area contributed by atoms with Crippen LogP contribution in [0.25, 0.3) is 5.32 Å². The quantitative estimate of drug-likeness (QED) is 0.0736. The first-order valence-corrected chi connectivity index (χ1v) is 16.5. The Bertz CT molecular complexity index is 1850. The summed E-state index contributed by atoms with van der Waals surface area (Å²) in [5, 5.41) is 29.6. The zero-order valence-corrected chi connectivity index (χ0v) is 31.5. The molecule has 4 N–H and O–H groups in total. The van der Waals surface area contributed by atoms with Crippen LogP contribution in [0, 0.1) is 6.07 Å². The van der Waals surface area contributed by atoms with Crippen LogP contribution < -0.4 is 16.0 Å². The van der Waals surface area contributed by atoms with Gasteiger partial charge in [-0.05, 0) is 30.4 Å². The third-order valence-electron chi connectivity index (χ3n) is 7.94. The Hall–Kier alpha value is -4.93. The topological polar surface area (TPSA) is 215 Å². The number of benzene rings is 2. The van der Waals surface area contributed by atoms with Crippen LogP contribution in [-0.2, 0) is 68.4 Å². The zero-order chi connectivity index (χ0) is 36.2. The summed E-state index contributed by atoms with van der Waals surface area (Å²) in [6.07, 6.45) is 7.41. The monoisotopic (exact) mass is 783 g/mol. The van der Waals surface area contributed by atoms with E-state index in [9.17, 15) is 24.0 Å². The summed E-state index contributed by atoms with van der Waals surface area (Å²) in [4.78, 5) is 71.2. The molecule has 1 aliphatic heterocycles. The molecular formula is C35H38N10O6Y-2. The van der Waals surface area contributed by atoms with Gasteiger partial charge in [0, 0.05) is 70.7 Å². The van der Waals surface area contributed by atoms with Crippen molar-refractivity contribution in [3.63, 3.8) is 0 Å². The molecule has 1 fully saturated rings. The minimum atomic E-state index is -0.902. The number of carbonyl (C=O) groups excluding carboxylic acids is 5. The van der Waals surface area contributed by atoms with Crippen LogP contribution in [0.2, 0.25) is 0 Å². The van der Waals surface area contributed by atoms with E-state index in [1.54, 1.807) is 70.6 Å². The number of aliphatic hydroxyl groups is 1. The predicted molar refractivity (Wildman–Crippen MR) is 184 cm³/mol. The van der Waals surface area contributed by atoms with Crippen molar-refractivity contribution in [1.82, 2.24) is 35.2 Å². The number of Topliss-reactive ketones (excluding diaryl/α,β-unsaturated/α-hetero) is 1. The third-order valence-corrected chi connectivity index (χ3v) is 7.94. The van der Waals surface area contributed by atoms with Crippen molar-refractivity contribution in [2.45, 2.75) is 64.7 Å². The molecule has 1 radical (unpaired) electrons. The van der Waals surface area contributed by atoms with Crippen LogP contribution >= 0.6 is 0 Å². The molecule has 1 aliphatic rings. The molecule has 16 nitrogen and oxygen atoms in total. The van der Waals surface area contributed by atoms with E-state index in [0.29, 0.717) is 61.1 Å². The van der Waals surface area contributed by atoms with Crippen LogP contribution in [0.3, 0.4) is 0 Å². The van der Waals surface area contributed by atoms with Crippen LogP contribution in [-0.4, -0.2) is 83.7 Å². The van der Waals surface area contributed by atoms with E-state index in [1.807, 2.05) is 6.92 Å². The molecule has 5 rings (SSSR count). The molecule has 1 saturated heterocycles. The fourth-order valence-corrected chi connectivity index (χ4v) is 5.10. The van der Waals surface area contributed by atoms with Gasteiger partial charge in [-0.15, -0.1) is 34.9 Å². The molecule has 3 heterocycles. The van der Waals surface area contributed by atoms with Crippen molar-refractivity contribution in [3.8, 4) is 0 Å². The molecule has 1 unspecified atom stereocenters. The number of nitrogens with one attached hydrogen (secondary N) is 3. The van der Waals surface area contributed by atoms with Crippen molar-refractivity contribution < 1.29 is 61.8 Å². The van der Waals surface area contributed by atoms with Gasteiger partial charge in [0.2, 0.25) is 11.8 Å². The molecule has 0 saturated carbocycles. The summed E-state index contributed by atoms with van der Waals surface area (Å²) < 4.78 is 1.66. The summed E-state index contributed by atoms with van der Waals surface area (Å²) in [5.74, 6) is -1.35. The number of urea groups is 1. The van der Waals surface area contributed by atoms with Gasteiger partial charge >= 0.3 is 6.03 Å². The van der Waals surface area contributed by atoms with Gasteiger partial charge in [-0.3, -0.25) is 24.4 Å². The molecule has 2 aromatic carbocycles. The van der Waals surface area contributed by atoms with Crippen molar-refractivity contribution in [3.05, 3.63) is 101 Å². The van der Waals surface area contributed by atoms with Crippen molar-refractivity contribution >= 4 is 40.9 Å². The molecule has 0 aliphatic carbocycles. The molecule has 0 spiro atoms. The number of anilines is 2. The first-order valence-electron chi connectivity index (χ1n) is 16.5. The van der Waals surface area contributed by atoms with Gasteiger partial charge in [0.05, 0.1) is 30.8 Å². The van der Waals surface area contributed by atoms with Gasteiger partial charge in [-0.1, -0.05) is 48.5 Å². The van der Waals surface area contributed by atoms with Gasteiger partial charge in [0.25, 0.3) is 0 Å². The maximum atomic E-state index is 13.1. The van der Waals surface area contributed by atoms with E-state index in [4.69, 9.17) is 5.11 Å². The average molecular weight is 784 g/mol. The first-order chi connectivity index (χ1) is 24.7. The number of hydrogen-bond acceptors (Lipinski definition) is 11. The first kappa shape index (κ1) is 39.9. The van der Waals surface area contributed by atoms with Gasteiger partial charge in [0.15, 0.2) is 5.78 Å². The third kappa shape index (κ3) is 11.5. The Morgan fingerprint density at radius 3 is 2.60 bits per heavy atom. The van der Waals surface area contributed by atoms with Gasteiger partial charge in [0.1, 0.15) is 18.1 Å². The van der Waals surface area contributed by atoms with Crippen LogP contribution in [0.15, 0.2) is 61.1 Å². The second-order valence-electron chi connectivity index (χ2n) is 11.8. The van der Waals surface area contributed by atoms with Crippen molar-refractivity contribution in [2.75, 3.05) is 23.8 Å². The number of ketones is 1. The normalized spacial score (nSPS) is 13.8. The number of unbranched alkanes of at least 4 members (excludes halogenated alkanes) is 1. The van der Waals surface area contributed by atoms with E-state index in [0.717, 1.165) is 18.4 Å². The fourth-order valence-electron chi connectivity index (χ4n) is 5.10. The maximum absolute atomic E-state index is 13.1. The molecule has 52 heavy (non-hydrogen) atoms. The van der Waals surface area contributed by atoms with E-state index >= 15 is 0 Å². The number of aromatic nitrogens is 5. The van der Waals surface area contributed by atoms with E-state index < -0.39 is 24.5 Å². The molecule has 0 bridgehead atoms. The standard InChI is InChI=1S/C35H39N10O6.Y/c1-2-3-14-44(20-23-7-9-24(10-8-23)30(47)22-46)35(51)39-27-17-37-31(38-18-27)13-15-45-21-28(42-43-45)19-36-26-6-4-5-25(16-26)33(49)40-29-11-12-32(48)41-34(29)50;/h4-10,17-18,21,29,36,46H,2-3,11-15,19-20,22H2,1H3,(H3,39,40,41,48,49,50,51);/q-1;/p-1. The molecule has 4 aromatic rings. The number of nitrogens with zero attached hydrogens (tertiary/aromatic N) is 7. The van der Waals surface area contributed by atoms with Crippen LogP contribution in [0.4, 0.5) is 16.2 Å². The molecular weight excluding hydrogens is 745 g/mol. The second kappa shape index (κ2) is 19.6. The Labute approximate surface area is 325 Å². The van der Waals surface area contributed by atoms with Gasteiger partial charge < -0.3 is 30.8 Å². The van der Waals surface area contributed by atoms with Crippen LogP contribution in [0.1, 0.15) is 70.4 Å². The van der Waals surface area contributed by atoms with Crippen LogP contribution in [0.5, 0.6) is 0 Å². The Kier molecular flexibility index (Phi) is 15.0. The number of amides is 5. The van der Waals surface area contributed by atoms with Crippen molar-refractivity contribution in [2.24, 2.45) is 0 Å². The average Bonchev–Trinajstić information content (AvgIpc) is 3.61. The molecule has 269 valence electrons.